The fourth-order valence-corrected chi connectivity index (χ4v) is 5.55. The van der Waals surface area contributed by atoms with Crippen molar-refractivity contribution in [2.45, 2.75) is 24.9 Å². The Labute approximate surface area is 152 Å². The van der Waals surface area contributed by atoms with Gasteiger partial charge in [-0.2, -0.15) is 0 Å². The maximum atomic E-state index is 11.6. The maximum Gasteiger partial charge on any atom is 0.191 e. The number of aryl methyl sites for hydroxylation is 1. The molecule has 1 saturated heterocycles. The van der Waals surface area contributed by atoms with Crippen molar-refractivity contribution in [3.05, 3.63) is 35.7 Å². The zero-order valence-corrected chi connectivity index (χ0v) is 16.1. The fraction of sp³-hybridized carbons (Fsp3) is 0.529. The normalized spacial score (nSPS) is 19.2. The molecular formula is C17H23N3O3S2. The summed E-state index contributed by atoms with van der Waals surface area (Å²) < 4.78 is 30.9. The molecule has 2 aromatic rings. The Morgan fingerprint density at radius 1 is 1.32 bits per heavy atom. The van der Waals surface area contributed by atoms with Crippen molar-refractivity contribution >= 4 is 21.6 Å². The minimum absolute atomic E-state index is 0.162. The molecule has 0 N–H and O–H groups in total. The zero-order valence-electron chi connectivity index (χ0n) is 14.5. The summed E-state index contributed by atoms with van der Waals surface area (Å²) in [6, 6.07) is 7.96. The number of nitrogens with zero attached hydrogens (tertiary/aromatic N) is 3. The lowest BCUT2D eigenvalue weighted by molar-refractivity contribution is 0.341. The Kier molecular flexibility index (Phi) is 5.68. The van der Waals surface area contributed by atoms with Crippen LogP contribution in [0, 0.1) is 12.8 Å². The number of sulfone groups is 1. The Balaban J connectivity index is 1.49. The van der Waals surface area contributed by atoms with Crippen LogP contribution in [0.15, 0.2) is 29.4 Å². The van der Waals surface area contributed by atoms with Gasteiger partial charge in [-0.25, -0.2) is 8.42 Å². The summed E-state index contributed by atoms with van der Waals surface area (Å²) >= 11 is 1.60. The molecule has 3 rings (SSSR count). The highest BCUT2D eigenvalue weighted by Crippen LogP contribution is 2.24. The number of para-hydroxylation sites is 1. The molecule has 0 amide bonds. The van der Waals surface area contributed by atoms with Crippen molar-refractivity contribution < 1.29 is 13.2 Å². The smallest absolute Gasteiger partial charge is 0.191 e. The van der Waals surface area contributed by atoms with E-state index in [2.05, 4.69) is 10.2 Å². The van der Waals surface area contributed by atoms with E-state index in [1.807, 2.05) is 42.8 Å². The van der Waals surface area contributed by atoms with E-state index in [0.29, 0.717) is 18.8 Å². The van der Waals surface area contributed by atoms with Gasteiger partial charge in [0.2, 0.25) is 0 Å². The summed E-state index contributed by atoms with van der Waals surface area (Å²) in [5, 5.41) is 9.30. The largest absolute Gasteiger partial charge is 0.492 e. The molecule has 1 aliphatic rings. The monoisotopic (exact) mass is 381 g/mol. The standard InChI is InChI=1S/C17H23N3O3S2/c1-13-5-3-4-6-15(13)23-8-9-24-17-19-18-16(20(17)2)11-14-7-10-25(21,22)12-14/h3-6,14H,7-12H2,1-2H3. The molecule has 8 heteroatoms. The third-order valence-corrected chi connectivity index (χ3v) is 7.21. The van der Waals surface area contributed by atoms with E-state index >= 15 is 0 Å². The van der Waals surface area contributed by atoms with E-state index < -0.39 is 9.84 Å². The Bertz CT molecular complexity index is 833. The Hall–Kier alpha value is -1.54. The van der Waals surface area contributed by atoms with Crippen molar-refractivity contribution in [1.82, 2.24) is 14.8 Å². The van der Waals surface area contributed by atoms with Gasteiger partial charge in [-0.05, 0) is 30.9 Å². The number of thioether (sulfide) groups is 1. The van der Waals surface area contributed by atoms with Gasteiger partial charge < -0.3 is 9.30 Å². The summed E-state index contributed by atoms with van der Waals surface area (Å²) in [4.78, 5) is 0. The van der Waals surface area contributed by atoms with Gasteiger partial charge in [0, 0.05) is 19.2 Å². The first-order chi connectivity index (χ1) is 11.9. The van der Waals surface area contributed by atoms with Gasteiger partial charge >= 0.3 is 0 Å². The molecule has 1 aromatic heterocycles. The van der Waals surface area contributed by atoms with E-state index in [9.17, 15) is 8.42 Å². The first-order valence-electron chi connectivity index (χ1n) is 8.34. The van der Waals surface area contributed by atoms with Crippen LogP contribution in [-0.2, 0) is 23.3 Å². The summed E-state index contributed by atoms with van der Waals surface area (Å²) in [7, 11) is -0.914. The van der Waals surface area contributed by atoms with Crippen LogP contribution < -0.4 is 4.74 Å². The van der Waals surface area contributed by atoms with Crippen LogP contribution in [0.5, 0.6) is 5.75 Å². The van der Waals surface area contributed by atoms with Crippen LogP contribution >= 0.6 is 11.8 Å². The second kappa shape index (κ2) is 7.78. The average Bonchev–Trinajstić information content (AvgIpc) is 3.09. The van der Waals surface area contributed by atoms with Crippen molar-refractivity contribution in [1.29, 1.82) is 0 Å². The van der Waals surface area contributed by atoms with Crippen LogP contribution in [0.2, 0.25) is 0 Å². The highest BCUT2D eigenvalue weighted by atomic mass is 32.2. The van der Waals surface area contributed by atoms with Crippen LogP contribution in [0.1, 0.15) is 17.8 Å². The second-order valence-corrected chi connectivity index (χ2v) is 9.68. The molecule has 0 saturated carbocycles. The quantitative estimate of drug-likeness (QED) is 0.541. The predicted molar refractivity (Wildman–Crippen MR) is 98.9 cm³/mol. The van der Waals surface area contributed by atoms with Crippen LogP contribution in [0.25, 0.3) is 0 Å². The van der Waals surface area contributed by atoms with Gasteiger partial charge in [-0.3, -0.25) is 0 Å². The number of hydrogen-bond acceptors (Lipinski definition) is 6. The molecule has 1 atom stereocenters. The number of ether oxygens (including phenoxy) is 1. The molecule has 0 radical (unpaired) electrons. The van der Waals surface area contributed by atoms with Gasteiger partial charge in [0.25, 0.3) is 0 Å². The minimum atomic E-state index is -2.85. The second-order valence-electron chi connectivity index (χ2n) is 6.39. The molecule has 6 nitrogen and oxygen atoms in total. The minimum Gasteiger partial charge on any atom is -0.492 e. The number of hydrogen-bond donors (Lipinski definition) is 0. The van der Waals surface area contributed by atoms with Gasteiger partial charge in [0.1, 0.15) is 11.6 Å². The van der Waals surface area contributed by atoms with E-state index in [1.165, 1.54) is 0 Å². The molecule has 1 aromatic carbocycles. The van der Waals surface area contributed by atoms with Crippen molar-refractivity contribution in [3.63, 3.8) is 0 Å². The van der Waals surface area contributed by atoms with Crippen LogP contribution in [-0.4, -0.2) is 47.0 Å². The summed E-state index contributed by atoms with van der Waals surface area (Å²) in [6.45, 7) is 2.62. The predicted octanol–water partition coefficient (Wildman–Crippen LogP) is 2.27. The summed E-state index contributed by atoms with van der Waals surface area (Å²) in [5.41, 5.74) is 1.12. The Morgan fingerprint density at radius 2 is 2.12 bits per heavy atom. The first kappa shape index (κ1) is 18.3. The van der Waals surface area contributed by atoms with E-state index in [0.717, 1.165) is 34.5 Å². The molecule has 1 fully saturated rings. The number of benzene rings is 1. The highest BCUT2D eigenvalue weighted by Gasteiger charge is 2.29. The van der Waals surface area contributed by atoms with Crippen LogP contribution in [0.4, 0.5) is 0 Å². The molecular weight excluding hydrogens is 358 g/mol. The van der Waals surface area contributed by atoms with Gasteiger partial charge in [-0.1, -0.05) is 30.0 Å². The lowest BCUT2D eigenvalue weighted by Gasteiger charge is -2.09. The number of rotatable bonds is 7. The first-order valence-corrected chi connectivity index (χ1v) is 11.2. The SMILES string of the molecule is Cc1ccccc1OCCSc1nnc(CC2CCS(=O)(=O)C2)n1C. The molecule has 0 aliphatic carbocycles. The maximum absolute atomic E-state index is 11.6. The molecule has 0 spiro atoms. The molecule has 25 heavy (non-hydrogen) atoms. The van der Waals surface area contributed by atoms with Crippen molar-refractivity contribution in [2.24, 2.45) is 13.0 Å². The molecule has 2 heterocycles. The third-order valence-electron chi connectivity index (χ3n) is 4.39. The van der Waals surface area contributed by atoms with E-state index in [-0.39, 0.29) is 11.7 Å². The van der Waals surface area contributed by atoms with E-state index in [1.54, 1.807) is 11.8 Å². The fourth-order valence-electron chi connectivity index (χ4n) is 2.94. The lowest BCUT2D eigenvalue weighted by atomic mass is 10.1. The van der Waals surface area contributed by atoms with E-state index in [4.69, 9.17) is 4.74 Å². The number of aromatic nitrogens is 3. The molecule has 0 bridgehead atoms. The lowest BCUT2D eigenvalue weighted by Crippen LogP contribution is -2.11. The molecule has 136 valence electrons. The van der Waals surface area contributed by atoms with Gasteiger partial charge in [-0.15, -0.1) is 10.2 Å². The Morgan fingerprint density at radius 3 is 2.84 bits per heavy atom. The van der Waals surface area contributed by atoms with Crippen molar-refractivity contribution in [2.75, 3.05) is 23.9 Å². The van der Waals surface area contributed by atoms with Crippen LogP contribution in [0.3, 0.4) is 0 Å². The molecule has 1 unspecified atom stereocenters. The summed E-state index contributed by atoms with van der Waals surface area (Å²) in [5.74, 6) is 3.27. The topological polar surface area (TPSA) is 74.1 Å². The van der Waals surface area contributed by atoms with Gasteiger partial charge in [0.05, 0.1) is 18.1 Å². The third kappa shape index (κ3) is 4.76. The summed E-state index contributed by atoms with van der Waals surface area (Å²) in [6.07, 6.45) is 1.39. The van der Waals surface area contributed by atoms with Gasteiger partial charge in [0.15, 0.2) is 15.0 Å². The average molecular weight is 382 g/mol. The van der Waals surface area contributed by atoms with Crippen molar-refractivity contribution in [3.8, 4) is 5.75 Å². The molecule has 1 aliphatic heterocycles. The zero-order chi connectivity index (χ0) is 17.9. The highest BCUT2D eigenvalue weighted by molar-refractivity contribution is 7.99.